The van der Waals surface area contributed by atoms with Crippen LogP contribution in [0.25, 0.3) is 0 Å². The van der Waals surface area contributed by atoms with Crippen LogP contribution >= 0.6 is 0 Å². The molecule has 7 heteroatoms. The van der Waals surface area contributed by atoms with Gasteiger partial charge >= 0.3 is 0 Å². The zero-order chi connectivity index (χ0) is 16.9. The van der Waals surface area contributed by atoms with Crippen molar-refractivity contribution in [2.24, 2.45) is 10.7 Å². The van der Waals surface area contributed by atoms with Crippen LogP contribution in [0.1, 0.15) is 37.7 Å². The highest BCUT2D eigenvalue weighted by Crippen LogP contribution is 2.17. The van der Waals surface area contributed by atoms with Gasteiger partial charge in [0.15, 0.2) is 5.96 Å². The third-order valence-electron chi connectivity index (χ3n) is 4.09. The first-order valence-corrected chi connectivity index (χ1v) is 9.41. The predicted octanol–water partition coefficient (Wildman–Crippen LogP) is 1.67. The number of hydrogen-bond donors (Lipinski definition) is 2. The lowest BCUT2D eigenvalue weighted by atomic mass is 9.96. The van der Waals surface area contributed by atoms with E-state index < -0.39 is 10.0 Å². The molecule has 0 bridgehead atoms. The summed E-state index contributed by atoms with van der Waals surface area (Å²) in [5, 5.41) is 3.26. The Balaban J connectivity index is 1.94. The normalized spacial score (nSPS) is 17.4. The van der Waals surface area contributed by atoms with E-state index in [9.17, 15) is 8.42 Å². The summed E-state index contributed by atoms with van der Waals surface area (Å²) in [6.45, 7) is 0.438. The molecule has 23 heavy (non-hydrogen) atoms. The van der Waals surface area contributed by atoms with Gasteiger partial charge in [-0.2, -0.15) is 0 Å². The molecule has 1 aliphatic carbocycles. The highest BCUT2D eigenvalue weighted by molar-refractivity contribution is 7.89. The van der Waals surface area contributed by atoms with Gasteiger partial charge in [0.1, 0.15) is 0 Å². The summed E-state index contributed by atoms with van der Waals surface area (Å²) in [6.07, 6.45) is 6.08. The van der Waals surface area contributed by atoms with Crippen molar-refractivity contribution in [1.82, 2.24) is 9.62 Å². The molecule has 0 saturated heterocycles. The topological polar surface area (TPSA) is 87.8 Å². The molecule has 1 aromatic carbocycles. The first-order valence-electron chi connectivity index (χ1n) is 7.97. The summed E-state index contributed by atoms with van der Waals surface area (Å²) < 4.78 is 25.2. The zero-order valence-electron chi connectivity index (χ0n) is 13.8. The molecular formula is C16H26N4O2S. The van der Waals surface area contributed by atoms with Crippen LogP contribution in [0.4, 0.5) is 0 Å². The Morgan fingerprint density at radius 3 is 2.39 bits per heavy atom. The van der Waals surface area contributed by atoms with Gasteiger partial charge in [-0.1, -0.05) is 31.4 Å². The maximum atomic E-state index is 12.0. The van der Waals surface area contributed by atoms with Crippen molar-refractivity contribution < 1.29 is 8.42 Å². The van der Waals surface area contributed by atoms with Crippen LogP contribution in [0.5, 0.6) is 0 Å². The average molecular weight is 338 g/mol. The molecule has 0 amide bonds. The number of guanidine groups is 1. The Labute approximate surface area is 138 Å². The third kappa shape index (κ3) is 4.94. The van der Waals surface area contributed by atoms with Gasteiger partial charge in [-0.05, 0) is 30.5 Å². The maximum Gasteiger partial charge on any atom is 0.242 e. The van der Waals surface area contributed by atoms with Gasteiger partial charge in [0.25, 0.3) is 0 Å². The van der Waals surface area contributed by atoms with Crippen molar-refractivity contribution in [3.8, 4) is 0 Å². The minimum atomic E-state index is -3.38. The number of sulfonamides is 1. The molecule has 0 aliphatic heterocycles. The fourth-order valence-electron chi connectivity index (χ4n) is 2.66. The number of rotatable bonds is 5. The Morgan fingerprint density at radius 2 is 1.83 bits per heavy atom. The smallest absolute Gasteiger partial charge is 0.242 e. The molecule has 1 fully saturated rings. The molecule has 0 atom stereocenters. The lowest BCUT2D eigenvalue weighted by Crippen LogP contribution is -2.41. The SMILES string of the molecule is CN(C)S(=O)(=O)c1ccc(CN=C(N)NC2CCCCC2)cc1. The van der Waals surface area contributed by atoms with Crippen LogP contribution in [0.2, 0.25) is 0 Å². The van der Waals surface area contributed by atoms with E-state index in [1.54, 1.807) is 24.3 Å². The van der Waals surface area contributed by atoms with Gasteiger partial charge in [-0.25, -0.2) is 17.7 Å². The number of nitrogens with one attached hydrogen (secondary N) is 1. The number of nitrogens with zero attached hydrogens (tertiary/aromatic N) is 2. The van der Waals surface area contributed by atoms with E-state index in [4.69, 9.17) is 5.73 Å². The van der Waals surface area contributed by atoms with Crippen molar-refractivity contribution in [2.75, 3.05) is 14.1 Å². The lowest BCUT2D eigenvalue weighted by Gasteiger charge is -2.23. The van der Waals surface area contributed by atoms with Crippen molar-refractivity contribution in [3.05, 3.63) is 29.8 Å². The van der Waals surface area contributed by atoms with Gasteiger partial charge in [0.2, 0.25) is 10.0 Å². The summed E-state index contributed by atoms with van der Waals surface area (Å²) in [5.41, 5.74) is 6.85. The first kappa shape index (κ1) is 17.7. The Bertz CT molecular complexity index is 633. The predicted molar refractivity (Wildman–Crippen MR) is 92.6 cm³/mol. The molecular weight excluding hydrogens is 312 g/mol. The second kappa shape index (κ2) is 7.79. The van der Waals surface area contributed by atoms with Crippen LogP contribution in [-0.4, -0.2) is 38.8 Å². The number of nitrogens with two attached hydrogens (primary N) is 1. The Kier molecular flexibility index (Phi) is 6.01. The number of aliphatic imine (C=N–C) groups is 1. The monoisotopic (exact) mass is 338 g/mol. The minimum absolute atomic E-state index is 0.281. The lowest BCUT2D eigenvalue weighted by molar-refractivity contribution is 0.412. The van der Waals surface area contributed by atoms with Gasteiger partial charge in [-0.3, -0.25) is 0 Å². The van der Waals surface area contributed by atoms with Crippen LogP contribution in [0, 0.1) is 0 Å². The van der Waals surface area contributed by atoms with E-state index in [1.807, 2.05) is 0 Å². The standard InChI is InChI=1S/C16H26N4O2S/c1-20(2)23(21,22)15-10-8-13(9-11-15)12-18-16(17)19-14-6-4-3-5-7-14/h8-11,14H,3-7,12H2,1-2H3,(H3,17,18,19). The van der Waals surface area contributed by atoms with Crippen LogP contribution in [-0.2, 0) is 16.6 Å². The van der Waals surface area contributed by atoms with Gasteiger partial charge in [0, 0.05) is 20.1 Å². The van der Waals surface area contributed by atoms with E-state index >= 15 is 0 Å². The summed E-state index contributed by atoms with van der Waals surface area (Å²) in [5.74, 6) is 0.460. The van der Waals surface area contributed by atoms with E-state index in [0.29, 0.717) is 18.5 Å². The van der Waals surface area contributed by atoms with Crippen LogP contribution < -0.4 is 11.1 Å². The minimum Gasteiger partial charge on any atom is -0.370 e. The second-order valence-electron chi connectivity index (χ2n) is 6.11. The van der Waals surface area contributed by atoms with Crippen molar-refractivity contribution in [2.45, 2.75) is 49.6 Å². The fraction of sp³-hybridized carbons (Fsp3) is 0.562. The molecule has 0 spiro atoms. The average Bonchev–Trinajstić information content (AvgIpc) is 2.54. The summed E-state index contributed by atoms with van der Waals surface area (Å²) in [6, 6.07) is 7.18. The van der Waals surface area contributed by atoms with Crippen LogP contribution in [0.3, 0.4) is 0 Å². The largest absolute Gasteiger partial charge is 0.370 e. The highest BCUT2D eigenvalue weighted by Gasteiger charge is 2.16. The maximum absolute atomic E-state index is 12.0. The Morgan fingerprint density at radius 1 is 1.22 bits per heavy atom. The molecule has 6 nitrogen and oxygen atoms in total. The summed E-state index contributed by atoms with van der Waals surface area (Å²) in [7, 11) is -0.346. The van der Waals surface area contributed by atoms with Gasteiger partial charge < -0.3 is 11.1 Å². The molecule has 128 valence electrons. The molecule has 0 heterocycles. The number of hydrogen-bond acceptors (Lipinski definition) is 3. The van der Waals surface area contributed by atoms with Crippen molar-refractivity contribution in [3.63, 3.8) is 0 Å². The van der Waals surface area contributed by atoms with E-state index in [0.717, 1.165) is 18.4 Å². The molecule has 0 aromatic heterocycles. The van der Waals surface area contributed by atoms with Gasteiger partial charge in [0.05, 0.1) is 11.4 Å². The van der Waals surface area contributed by atoms with Crippen LogP contribution in [0.15, 0.2) is 34.2 Å². The molecule has 1 saturated carbocycles. The molecule has 2 rings (SSSR count). The third-order valence-corrected chi connectivity index (χ3v) is 5.92. The zero-order valence-corrected chi connectivity index (χ0v) is 14.6. The molecule has 0 radical (unpaired) electrons. The number of benzene rings is 1. The Hall–Kier alpha value is -1.60. The van der Waals surface area contributed by atoms with Gasteiger partial charge in [-0.15, -0.1) is 0 Å². The van der Waals surface area contributed by atoms with Crippen molar-refractivity contribution in [1.29, 1.82) is 0 Å². The quantitative estimate of drug-likeness (QED) is 0.631. The van der Waals surface area contributed by atoms with E-state index in [1.165, 1.54) is 37.7 Å². The molecule has 1 aliphatic rings. The molecule has 0 unspecified atom stereocenters. The molecule has 1 aromatic rings. The fourth-order valence-corrected chi connectivity index (χ4v) is 3.56. The molecule has 3 N–H and O–H groups in total. The summed E-state index contributed by atoms with van der Waals surface area (Å²) in [4.78, 5) is 4.62. The first-order chi connectivity index (χ1) is 10.9. The van der Waals surface area contributed by atoms with E-state index in [2.05, 4.69) is 10.3 Å². The van der Waals surface area contributed by atoms with Crippen molar-refractivity contribution >= 4 is 16.0 Å². The van der Waals surface area contributed by atoms with E-state index in [-0.39, 0.29) is 4.90 Å². The summed E-state index contributed by atoms with van der Waals surface area (Å²) >= 11 is 0. The highest BCUT2D eigenvalue weighted by atomic mass is 32.2. The second-order valence-corrected chi connectivity index (χ2v) is 8.26.